The topological polar surface area (TPSA) is 35.5 Å². The fourth-order valence-electron chi connectivity index (χ4n) is 1.26. The largest absolute Gasteiger partial charge is 0.424 e. The second kappa shape index (κ2) is 10.2. The van der Waals surface area contributed by atoms with Crippen LogP contribution in [0.4, 0.5) is 4.79 Å². The molecule has 0 aromatic rings. The molecular formula is C11H21O3S. The van der Waals surface area contributed by atoms with Gasteiger partial charge in [-0.15, -0.1) is 0 Å². The van der Waals surface area contributed by atoms with Gasteiger partial charge in [0.05, 0.1) is 6.61 Å². The Kier molecular flexibility index (Phi) is 9.94. The smallest absolute Gasteiger partial charge is 0.402 e. The zero-order valence-corrected chi connectivity index (χ0v) is 10.5. The average Bonchev–Trinajstić information content (AvgIpc) is 2.17. The molecule has 0 saturated carbocycles. The van der Waals surface area contributed by atoms with Gasteiger partial charge in [0.25, 0.3) is 0 Å². The Labute approximate surface area is 97.9 Å². The van der Waals surface area contributed by atoms with Crippen LogP contribution in [0.2, 0.25) is 0 Å². The molecule has 0 amide bonds. The number of carbonyl (C=O) groups is 1. The first-order valence-electron chi connectivity index (χ1n) is 5.69. The lowest BCUT2D eigenvalue weighted by Gasteiger charge is -2.15. The molecule has 0 saturated heterocycles. The predicted molar refractivity (Wildman–Crippen MR) is 62.9 cm³/mol. The predicted octanol–water partition coefficient (Wildman–Crippen LogP) is 4.04. The first kappa shape index (κ1) is 14.6. The molecule has 15 heavy (non-hydrogen) atoms. The van der Waals surface area contributed by atoms with Crippen LogP contribution in [-0.2, 0) is 9.47 Å². The van der Waals surface area contributed by atoms with Gasteiger partial charge in [0, 0.05) is 19.0 Å². The van der Waals surface area contributed by atoms with Crippen molar-refractivity contribution in [3.63, 3.8) is 0 Å². The fraction of sp³-hybridized carbons (Fsp3) is 0.909. The fourth-order valence-corrected chi connectivity index (χ4v) is 1.37. The van der Waals surface area contributed by atoms with E-state index in [9.17, 15) is 4.79 Å². The highest BCUT2D eigenvalue weighted by Crippen LogP contribution is 2.08. The monoisotopic (exact) mass is 233 g/mol. The quantitative estimate of drug-likeness (QED) is 0.342. The summed E-state index contributed by atoms with van der Waals surface area (Å²) in [5.41, 5.74) is 0. The van der Waals surface area contributed by atoms with Gasteiger partial charge in [-0.25, -0.2) is 4.79 Å². The van der Waals surface area contributed by atoms with Crippen molar-refractivity contribution in [2.24, 2.45) is 0 Å². The van der Waals surface area contributed by atoms with Crippen LogP contribution in [0.5, 0.6) is 0 Å². The van der Waals surface area contributed by atoms with E-state index in [1.165, 1.54) is 12.8 Å². The summed E-state index contributed by atoms with van der Waals surface area (Å²) in [5.74, 6) is 0. The van der Waals surface area contributed by atoms with Gasteiger partial charge in [-0.1, -0.05) is 39.5 Å². The lowest BCUT2D eigenvalue weighted by Crippen LogP contribution is -2.19. The molecule has 0 aromatic carbocycles. The van der Waals surface area contributed by atoms with Crippen molar-refractivity contribution in [2.75, 3.05) is 6.61 Å². The number of rotatable bonds is 9. The molecule has 0 aromatic heterocycles. The summed E-state index contributed by atoms with van der Waals surface area (Å²) in [4.78, 5) is 10.6. The molecular weight excluding hydrogens is 212 g/mol. The van der Waals surface area contributed by atoms with Crippen molar-refractivity contribution >= 4 is 17.9 Å². The summed E-state index contributed by atoms with van der Waals surface area (Å²) in [7, 11) is 0. The van der Waals surface area contributed by atoms with E-state index in [2.05, 4.69) is 19.6 Å². The maximum absolute atomic E-state index is 10.6. The standard InChI is InChI=1S/C11H21O3S/c1-3-5-6-7-9-13-10(8-4-2)14-11(12)15/h10H,3-9H2,1-2H3. The number of carbonyl (C=O) groups excluding carboxylic acids is 1. The third-order valence-electron chi connectivity index (χ3n) is 2.05. The normalized spacial score (nSPS) is 12.4. The molecule has 0 bridgehead atoms. The third kappa shape index (κ3) is 9.94. The van der Waals surface area contributed by atoms with Crippen molar-refractivity contribution in [1.29, 1.82) is 0 Å². The first-order valence-corrected chi connectivity index (χ1v) is 6.10. The van der Waals surface area contributed by atoms with Crippen molar-refractivity contribution in [1.82, 2.24) is 0 Å². The van der Waals surface area contributed by atoms with Crippen molar-refractivity contribution in [3.8, 4) is 0 Å². The summed E-state index contributed by atoms with van der Waals surface area (Å²) in [6, 6.07) is 0. The van der Waals surface area contributed by atoms with Crippen LogP contribution in [0.1, 0.15) is 52.4 Å². The summed E-state index contributed by atoms with van der Waals surface area (Å²) in [6.45, 7) is 4.83. The molecule has 1 unspecified atom stereocenters. The first-order chi connectivity index (χ1) is 7.20. The van der Waals surface area contributed by atoms with Crippen molar-refractivity contribution in [3.05, 3.63) is 0 Å². The molecule has 0 spiro atoms. The van der Waals surface area contributed by atoms with Crippen LogP contribution in [0.25, 0.3) is 0 Å². The van der Waals surface area contributed by atoms with E-state index in [1.54, 1.807) is 0 Å². The molecule has 0 aliphatic rings. The Balaban J connectivity index is 3.52. The van der Waals surface area contributed by atoms with Crippen LogP contribution in [0, 0.1) is 0 Å². The van der Waals surface area contributed by atoms with E-state index in [-0.39, 0.29) is 0 Å². The molecule has 0 fully saturated rings. The Hall–Kier alpha value is -0.350. The third-order valence-corrected chi connectivity index (χ3v) is 2.15. The van der Waals surface area contributed by atoms with Gasteiger partial charge >= 0.3 is 5.30 Å². The van der Waals surface area contributed by atoms with E-state index in [4.69, 9.17) is 9.47 Å². The molecule has 0 N–H and O–H groups in total. The minimum Gasteiger partial charge on any atom is -0.424 e. The Bertz CT molecular complexity index is 162. The van der Waals surface area contributed by atoms with E-state index >= 15 is 0 Å². The number of hydrogen-bond acceptors (Lipinski definition) is 3. The van der Waals surface area contributed by atoms with E-state index in [0.29, 0.717) is 6.61 Å². The molecule has 0 aliphatic heterocycles. The Morgan fingerprint density at radius 1 is 1.20 bits per heavy atom. The molecule has 0 aliphatic carbocycles. The highest BCUT2D eigenvalue weighted by molar-refractivity contribution is 7.96. The minimum absolute atomic E-state index is 0.443. The van der Waals surface area contributed by atoms with Gasteiger partial charge in [0.2, 0.25) is 6.29 Å². The molecule has 0 rings (SSSR count). The zero-order valence-electron chi connectivity index (χ0n) is 9.66. The number of unbranched alkanes of at least 4 members (excludes halogenated alkanes) is 3. The van der Waals surface area contributed by atoms with Gasteiger partial charge in [-0.3, -0.25) is 0 Å². The van der Waals surface area contributed by atoms with E-state index in [0.717, 1.165) is 25.7 Å². The number of ether oxygens (including phenoxy) is 2. The van der Waals surface area contributed by atoms with E-state index < -0.39 is 11.6 Å². The second-order valence-electron chi connectivity index (χ2n) is 3.52. The van der Waals surface area contributed by atoms with Gasteiger partial charge in [0.15, 0.2) is 0 Å². The zero-order chi connectivity index (χ0) is 11.5. The highest BCUT2D eigenvalue weighted by Gasteiger charge is 2.11. The van der Waals surface area contributed by atoms with E-state index in [1.807, 2.05) is 6.92 Å². The average molecular weight is 233 g/mol. The number of hydrogen-bond donors (Lipinski definition) is 0. The molecule has 89 valence electrons. The summed E-state index contributed by atoms with van der Waals surface area (Å²) >= 11 is 4.35. The van der Waals surface area contributed by atoms with Gasteiger partial charge in [0.1, 0.15) is 0 Å². The summed E-state index contributed by atoms with van der Waals surface area (Å²) in [5, 5.41) is -0.679. The maximum Gasteiger partial charge on any atom is 0.402 e. The van der Waals surface area contributed by atoms with Crippen molar-refractivity contribution in [2.45, 2.75) is 58.7 Å². The second-order valence-corrected chi connectivity index (χ2v) is 3.85. The SMILES string of the molecule is CCCCCCOC(CCC)OC(=O)[S]. The van der Waals surface area contributed by atoms with Crippen LogP contribution in [-0.4, -0.2) is 18.2 Å². The Morgan fingerprint density at radius 3 is 2.47 bits per heavy atom. The lowest BCUT2D eigenvalue weighted by atomic mass is 10.2. The van der Waals surface area contributed by atoms with Crippen LogP contribution >= 0.6 is 12.6 Å². The molecule has 1 radical (unpaired) electrons. The maximum atomic E-state index is 10.6. The van der Waals surface area contributed by atoms with Crippen LogP contribution in [0.15, 0.2) is 0 Å². The molecule has 1 atom stereocenters. The van der Waals surface area contributed by atoms with Gasteiger partial charge < -0.3 is 9.47 Å². The molecule has 3 nitrogen and oxygen atoms in total. The van der Waals surface area contributed by atoms with Gasteiger partial charge in [-0.2, -0.15) is 0 Å². The van der Waals surface area contributed by atoms with Crippen molar-refractivity contribution < 1.29 is 14.3 Å². The molecule has 4 heteroatoms. The molecule has 0 heterocycles. The summed E-state index contributed by atoms with van der Waals surface area (Å²) < 4.78 is 10.3. The minimum atomic E-state index is -0.679. The summed E-state index contributed by atoms with van der Waals surface area (Å²) in [6.07, 6.45) is 5.81. The highest BCUT2D eigenvalue weighted by atomic mass is 32.1. The van der Waals surface area contributed by atoms with Crippen LogP contribution < -0.4 is 0 Å². The van der Waals surface area contributed by atoms with Gasteiger partial charge in [-0.05, 0) is 6.42 Å². The lowest BCUT2D eigenvalue weighted by molar-refractivity contribution is -0.101. The Morgan fingerprint density at radius 2 is 1.93 bits per heavy atom. The van der Waals surface area contributed by atoms with Crippen LogP contribution in [0.3, 0.4) is 0 Å².